The highest BCUT2D eigenvalue weighted by Crippen LogP contribution is 2.43. The average molecular weight is 536 g/mol. The average Bonchev–Trinajstić information content (AvgIpc) is 2.85. The minimum absolute atomic E-state index is 0.0867. The van der Waals surface area contributed by atoms with E-state index in [-0.39, 0.29) is 16.9 Å². The molecule has 38 heavy (non-hydrogen) atoms. The van der Waals surface area contributed by atoms with E-state index in [9.17, 15) is 45.3 Å². The first-order valence-corrected chi connectivity index (χ1v) is 11.1. The van der Waals surface area contributed by atoms with E-state index in [0.29, 0.717) is 0 Å². The van der Waals surface area contributed by atoms with Gasteiger partial charge in [-0.15, -0.1) is 0 Å². The topological polar surface area (TPSA) is 226 Å². The summed E-state index contributed by atoms with van der Waals surface area (Å²) in [6.45, 7) is 0.578. The van der Waals surface area contributed by atoms with E-state index in [4.69, 9.17) is 23.4 Å². The van der Waals surface area contributed by atoms with E-state index in [1.165, 1.54) is 13.2 Å². The number of aliphatic hydroxyl groups is 3. The second-order valence-corrected chi connectivity index (χ2v) is 8.41. The Hall–Kier alpha value is -4.24. The number of fused-ring (bicyclic) bond motifs is 1. The van der Waals surface area contributed by atoms with Crippen molar-refractivity contribution in [2.75, 3.05) is 13.7 Å². The van der Waals surface area contributed by atoms with Gasteiger partial charge in [-0.25, -0.2) is 0 Å². The minimum atomic E-state index is -1.92. The Morgan fingerprint density at radius 1 is 0.974 bits per heavy atom. The van der Waals surface area contributed by atoms with Crippen molar-refractivity contribution in [1.82, 2.24) is 0 Å². The molecule has 1 aliphatic heterocycles. The number of methoxy groups -OCH3 is 1. The van der Waals surface area contributed by atoms with Crippen molar-refractivity contribution in [3.63, 3.8) is 0 Å². The number of rotatable bonds is 6. The molecule has 3 aromatic rings. The molecule has 0 bridgehead atoms. The molecule has 14 heteroatoms. The Morgan fingerprint density at radius 2 is 1.68 bits per heavy atom. The SMILES string of the molecule is COc1cc(-c2oc3cc(O)cc(O)c3c(=O)c2O[C@@H]2O[C@H](COC(C)=O)[C@@H](O)[C@@H](O)[C@H]2O)cc(O)c1O. The summed E-state index contributed by atoms with van der Waals surface area (Å²) in [5.41, 5.74) is -1.40. The number of carbonyl (C=O) groups excluding carboxylic acids is 1. The van der Waals surface area contributed by atoms with Crippen molar-refractivity contribution < 1.29 is 63.9 Å². The third kappa shape index (κ3) is 4.84. The highest BCUT2D eigenvalue weighted by Gasteiger charge is 2.46. The van der Waals surface area contributed by atoms with Crippen LogP contribution in [0.15, 0.2) is 33.5 Å². The van der Waals surface area contributed by atoms with Crippen molar-refractivity contribution in [3.8, 4) is 45.8 Å². The molecule has 0 aliphatic carbocycles. The lowest BCUT2D eigenvalue weighted by Gasteiger charge is -2.39. The number of ether oxygens (including phenoxy) is 4. The van der Waals surface area contributed by atoms with Gasteiger partial charge in [0.15, 0.2) is 17.3 Å². The van der Waals surface area contributed by atoms with Crippen molar-refractivity contribution >= 4 is 16.9 Å². The molecular formula is C24H24O14. The summed E-state index contributed by atoms with van der Waals surface area (Å²) < 4.78 is 26.7. The Morgan fingerprint density at radius 3 is 2.34 bits per heavy atom. The summed E-state index contributed by atoms with van der Waals surface area (Å²) in [7, 11) is 1.20. The third-order valence-corrected chi connectivity index (χ3v) is 5.81. The molecule has 5 atom stereocenters. The fourth-order valence-corrected chi connectivity index (χ4v) is 3.91. The van der Waals surface area contributed by atoms with E-state index < -0.39 is 88.6 Å². The summed E-state index contributed by atoms with van der Waals surface area (Å²) in [5.74, 6) is -4.45. The van der Waals surface area contributed by atoms with E-state index in [1.54, 1.807) is 0 Å². The van der Waals surface area contributed by atoms with Crippen molar-refractivity contribution in [2.24, 2.45) is 0 Å². The lowest BCUT2D eigenvalue weighted by atomic mass is 9.99. The molecule has 0 unspecified atom stereocenters. The van der Waals surface area contributed by atoms with Crippen LogP contribution >= 0.6 is 0 Å². The maximum atomic E-state index is 13.5. The predicted molar refractivity (Wildman–Crippen MR) is 125 cm³/mol. The van der Waals surface area contributed by atoms with Crippen LogP contribution in [0.4, 0.5) is 0 Å². The summed E-state index contributed by atoms with van der Waals surface area (Å²) in [6.07, 6.45) is -8.67. The number of esters is 1. The van der Waals surface area contributed by atoms with Crippen LogP contribution in [-0.2, 0) is 14.3 Å². The van der Waals surface area contributed by atoms with Gasteiger partial charge in [0.2, 0.25) is 23.2 Å². The van der Waals surface area contributed by atoms with Gasteiger partial charge in [-0.05, 0) is 12.1 Å². The molecule has 0 amide bonds. The van der Waals surface area contributed by atoms with Crippen LogP contribution in [0.2, 0.25) is 0 Å². The number of carbonyl (C=O) groups is 1. The summed E-state index contributed by atoms with van der Waals surface area (Å²) in [5, 5.41) is 71.0. The normalized spacial score (nSPS) is 23.2. The first-order chi connectivity index (χ1) is 17.9. The van der Waals surface area contributed by atoms with Gasteiger partial charge in [0.1, 0.15) is 53.5 Å². The lowest BCUT2D eigenvalue weighted by Crippen LogP contribution is -2.60. The number of phenolic OH excluding ortho intramolecular Hbond substituents is 4. The zero-order valence-corrected chi connectivity index (χ0v) is 19.9. The van der Waals surface area contributed by atoms with Gasteiger partial charge in [0.05, 0.1) is 7.11 Å². The van der Waals surface area contributed by atoms with Gasteiger partial charge >= 0.3 is 5.97 Å². The quantitative estimate of drug-likeness (QED) is 0.163. The summed E-state index contributed by atoms with van der Waals surface area (Å²) in [6, 6.07) is 4.08. The van der Waals surface area contributed by atoms with Crippen LogP contribution in [0.25, 0.3) is 22.3 Å². The second-order valence-electron chi connectivity index (χ2n) is 8.41. The molecule has 0 radical (unpaired) electrons. The van der Waals surface area contributed by atoms with Crippen LogP contribution in [0.3, 0.4) is 0 Å². The zero-order valence-electron chi connectivity index (χ0n) is 19.9. The molecule has 14 nitrogen and oxygen atoms in total. The number of aliphatic hydroxyl groups excluding tert-OH is 3. The van der Waals surface area contributed by atoms with E-state index >= 15 is 0 Å². The van der Waals surface area contributed by atoms with Gasteiger partial charge in [0.25, 0.3) is 0 Å². The van der Waals surface area contributed by atoms with Crippen LogP contribution in [0.1, 0.15) is 6.92 Å². The Bertz CT molecular complexity index is 1430. The Kier molecular flexibility index (Phi) is 7.24. The predicted octanol–water partition coefficient (Wildman–Crippen LogP) is 0.0405. The molecule has 1 saturated heterocycles. The minimum Gasteiger partial charge on any atom is -0.508 e. The molecule has 1 aromatic heterocycles. The van der Waals surface area contributed by atoms with Crippen molar-refractivity contribution in [2.45, 2.75) is 37.6 Å². The monoisotopic (exact) mass is 536 g/mol. The van der Waals surface area contributed by atoms with Gasteiger partial charge in [0, 0.05) is 24.6 Å². The van der Waals surface area contributed by atoms with Crippen LogP contribution < -0.4 is 14.9 Å². The number of phenols is 4. The molecule has 2 aromatic carbocycles. The fourth-order valence-electron chi connectivity index (χ4n) is 3.91. The molecular weight excluding hydrogens is 512 g/mol. The molecule has 4 rings (SSSR count). The van der Waals surface area contributed by atoms with Crippen LogP contribution in [0, 0.1) is 0 Å². The zero-order chi connectivity index (χ0) is 27.9. The molecule has 0 spiro atoms. The Labute approximate surface area is 213 Å². The molecule has 0 saturated carbocycles. The molecule has 7 N–H and O–H groups in total. The van der Waals surface area contributed by atoms with E-state index in [1.807, 2.05) is 0 Å². The highest BCUT2D eigenvalue weighted by atomic mass is 16.7. The largest absolute Gasteiger partial charge is 0.508 e. The smallest absolute Gasteiger partial charge is 0.302 e. The Balaban J connectivity index is 1.88. The van der Waals surface area contributed by atoms with E-state index in [0.717, 1.165) is 25.1 Å². The second kappa shape index (κ2) is 10.3. The van der Waals surface area contributed by atoms with Gasteiger partial charge in [-0.2, -0.15) is 0 Å². The number of aromatic hydroxyl groups is 4. The number of benzene rings is 2. The van der Waals surface area contributed by atoms with Crippen LogP contribution in [-0.4, -0.2) is 86.1 Å². The standard InChI is InChI=1S/C24H24O14/c1-8(25)35-7-15-18(30)20(32)21(33)24(37-15)38-23-19(31)16-11(27)5-10(26)6-13(16)36-22(23)9-3-12(28)17(29)14(4-9)34-2/h3-6,15,18,20-21,24,26-30,32-33H,7H2,1-2H3/t15-,18-,20-,21-,24+/m1/s1. The third-order valence-electron chi connectivity index (χ3n) is 5.81. The summed E-state index contributed by atoms with van der Waals surface area (Å²) >= 11 is 0. The van der Waals surface area contributed by atoms with Crippen molar-refractivity contribution in [1.29, 1.82) is 0 Å². The first kappa shape index (κ1) is 26.8. The maximum Gasteiger partial charge on any atom is 0.302 e. The fraction of sp³-hybridized carbons (Fsp3) is 0.333. The van der Waals surface area contributed by atoms with Crippen molar-refractivity contribution in [3.05, 3.63) is 34.5 Å². The number of hydrogen-bond donors (Lipinski definition) is 7. The molecule has 2 heterocycles. The number of hydrogen-bond acceptors (Lipinski definition) is 14. The first-order valence-electron chi connectivity index (χ1n) is 11.1. The maximum absolute atomic E-state index is 13.5. The van der Waals surface area contributed by atoms with E-state index in [2.05, 4.69) is 0 Å². The highest BCUT2D eigenvalue weighted by molar-refractivity contribution is 5.88. The molecule has 204 valence electrons. The van der Waals surface area contributed by atoms with Crippen LogP contribution in [0.5, 0.6) is 34.5 Å². The van der Waals surface area contributed by atoms with Gasteiger partial charge in [-0.3, -0.25) is 9.59 Å². The lowest BCUT2D eigenvalue weighted by molar-refractivity contribution is -0.278. The summed E-state index contributed by atoms with van der Waals surface area (Å²) in [4.78, 5) is 24.7. The van der Waals surface area contributed by atoms with Gasteiger partial charge < -0.3 is 59.1 Å². The molecule has 1 fully saturated rings. The van der Waals surface area contributed by atoms with Gasteiger partial charge in [-0.1, -0.05) is 0 Å². The molecule has 1 aliphatic rings.